The molecule has 1 aromatic heterocycles. The molecule has 1 saturated carbocycles. The molecule has 3 rings (SSSR count). The molecule has 0 radical (unpaired) electrons. The summed E-state index contributed by atoms with van der Waals surface area (Å²) in [4.78, 5) is 14.6. The summed E-state index contributed by atoms with van der Waals surface area (Å²) < 4.78 is 10.5. The van der Waals surface area contributed by atoms with Crippen LogP contribution in [0, 0.1) is 0 Å². The van der Waals surface area contributed by atoms with Crippen LogP contribution in [-0.4, -0.2) is 24.0 Å². The minimum absolute atomic E-state index is 0.0784. The zero-order chi connectivity index (χ0) is 14.8. The average molecular weight is 286 g/mol. The molecular formula is C16H18N2O3. The molecule has 1 aromatic carbocycles. The number of hydrogen-bond acceptors (Lipinski definition) is 4. The number of ether oxygens (including phenoxy) is 1. The third kappa shape index (κ3) is 2.72. The lowest BCUT2D eigenvalue weighted by Crippen LogP contribution is -2.33. The largest absolute Gasteiger partial charge is 0.495 e. The smallest absolute Gasteiger partial charge is 0.256 e. The summed E-state index contributed by atoms with van der Waals surface area (Å²) in [7, 11) is 1.54. The minimum atomic E-state index is -0.0784. The Morgan fingerprint density at radius 1 is 1.38 bits per heavy atom. The molecule has 5 nitrogen and oxygen atoms in total. The number of nitrogens with two attached hydrogens (primary N) is 1. The van der Waals surface area contributed by atoms with Crippen molar-refractivity contribution in [2.75, 3.05) is 12.8 Å². The molecule has 2 aromatic rings. The summed E-state index contributed by atoms with van der Waals surface area (Å²) in [6, 6.07) is 9.23. The summed E-state index contributed by atoms with van der Waals surface area (Å²) in [6.07, 6.45) is 3.66. The van der Waals surface area contributed by atoms with Gasteiger partial charge in [-0.3, -0.25) is 4.79 Å². The molecule has 0 saturated heterocycles. The number of benzene rings is 1. The second kappa shape index (κ2) is 5.52. The number of amides is 1. The van der Waals surface area contributed by atoms with E-state index in [0.29, 0.717) is 23.5 Å². The molecule has 1 heterocycles. The molecule has 0 atom stereocenters. The highest BCUT2D eigenvalue weighted by atomic mass is 16.5. The van der Waals surface area contributed by atoms with Crippen LogP contribution in [0.25, 0.3) is 0 Å². The summed E-state index contributed by atoms with van der Waals surface area (Å²) in [5.74, 6) is 1.22. The van der Waals surface area contributed by atoms with E-state index in [9.17, 15) is 4.79 Å². The molecule has 110 valence electrons. The van der Waals surface area contributed by atoms with E-state index in [1.807, 2.05) is 17.0 Å². The zero-order valence-electron chi connectivity index (χ0n) is 11.9. The first-order valence-corrected chi connectivity index (χ1v) is 6.96. The molecule has 1 aliphatic carbocycles. The van der Waals surface area contributed by atoms with Gasteiger partial charge in [-0.15, -0.1) is 0 Å². The van der Waals surface area contributed by atoms with Crippen molar-refractivity contribution in [2.45, 2.75) is 25.4 Å². The molecule has 0 unspecified atom stereocenters. The second-order valence-corrected chi connectivity index (χ2v) is 5.17. The van der Waals surface area contributed by atoms with Crippen LogP contribution in [0.4, 0.5) is 5.69 Å². The van der Waals surface area contributed by atoms with Crippen molar-refractivity contribution in [1.29, 1.82) is 0 Å². The fourth-order valence-electron chi connectivity index (χ4n) is 2.39. The summed E-state index contributed by atoms with van der Waals surface area (Å²) >= 11 is 0. The second-order valence-electron chi connectivity index (χ2n) is 5.17. The van der Waals surface area contributed by atoms with Gasteiger partial charge in [0.05, 0.1) is 31.2 Å². The molecule has 2 N–H and O–H groups in total. The predicted molar refractivity (Wildman–Crippen MR) is 79.0 cm³/mol. The van der Waals surface area contributed by atoms with Gasteiger partial charge in [-0.2, -0.15) is 0 Å². The van der Waals surface area contributed by atoms with Gasteiger partial charge in [-0.1, -0.05) is 6.07 Å². The monoisotopic (exact) mass is 286 g/mol. The number of anilines is 1. The number of carbonyl (C=O) groups is 1. The number of nitrogen functional groups attached to an aromatic ring is 1. The highest BCUT2D eigenvalue weighted by molar-refractivity contribution is 6.00. The van der Waals surface area contributed by atoms with E-state index < -0.39 is 0 Å². The SMILES string of the molecule is COc1cccc(C(=O)N(Cc2ccco2)C2CC2)c1N. The lowest BCUT2D eigenvalue weighted by atomic mass is 10.1. The number of carbonyl (C=O) groups excluding carboxylic acids is 1. The summed E-state index contributed by atoms with van der Waals surface area (Å²) in [5, 5.41) is 0. The maximum atomic E-state index is 12.8. The van der Waals surface area contributed by atoms with Gasteiger partial charge in [0.2, 0.25) is 0 Å². The van der Waals surface area contributed by atoms with Crippen LogP contribution in [0.2, 0.25) is 0 Å². The lowest BCUT2D eigenvalue weighted by molar-refractivity contribution is 0.0718. The maximum absolute atomic E-state index is 12.8. The van der Waals surface area contributed by atoms with Gasteiger partial charge in [0.1, 0.15) is 11.5 Å². The Labute approximate surface area is 123 Å². The Morgan fingerprint density at radius 3 is 2.81 bits per heavy atom. The normalized spacial score (nSPS) is 14.0. The minimum Gasteiger partial charge on any atom is -0.495 e. The molecule has 1 amide bonds. The Hall–Kier alpha value is -2.43. The van der Waals surface area contributed by atoms with Crippen LogP contribution in [-0.2, 0) is 6.54 Å². The molecule has 21 heavy (non-hydrogen) atoms. The molecule has 1 aliphatic rings. The highest BCUT2D eigenvalue weighted by Gasteiger charge is 2.34. The maximum Gasteiger partial charge on any atom is 0.256 e. The predicted octanol–water partition coefficient (Wildman–Crippen LogP) is 2.68. The fraction of sp³-hybridized carbons (Fsp3) is 0.312. The van der Waals surface area contributed by atoms with E-state index in [2.05, 4.69) is 0 Å². The fourth-order valence-corrected chi connectivity index (χ4v) is 2.39. The van der Waals surface area contributed by atoms with Crippen molar-refractivity contribution < 1.29 is 13.9 Å². The molecule has 0 aliphatic heterocycles. The highest BCUT2D eigenvalue weighted by Crippen LogP contribution is 2.32. The van der Waals surface area contributed by atoms with E-state index in [1.165, 1.54) is 0 Å². The number of para-hydroxylation sites is 1. The van der Waals surface area contributed by atoms with Crippen LogP contribution < -0.4 is 10.5 Å². The first-order valence-electron chi connectivity index (χ1n) is 6.96. The molecule has 1 fully saturated rings. The van der Waals surface area contributed by atoms with Gasteiger partial charge >= 0.3 is 0 Å². The summed E-state index contributed by atoms with van der Waals surface area (Å²) in [5.41, 5.74) is 6.89. The number of furan rings is 1. The van der Waals surface area contributed by atoms with E-state index in [0.717, 1.165) is 18.6 Å². The number of methoxy groups -OCH3 is 1. The van der Waals surface area contributed by atoms with E-state index in [1.54, 1.807) is 31.6 Å². The Bertz CT molecular complexity index is 633. The van der Waals surface area contributed by atoms with Crippen molar-refractivity contribution in [1.82, 2.24) is 4.90 Å². The van der Waals surface area contributed by atoms with Crippen LogP contribution in [0.5, 0.6) is 5.75 Å². The van der Waals surface area contributed by atoms with Crippen molar-refractivity contribution in [3.8, 4) is 5.75 Å². The Balaban J connectivity index is 1.87. The zero-order valence-corrected chi connectivity index (χ0v) is 11.9. The molecule has 0 bridgehead atoms. The van der Waals surface area contributed by atoms with Crippen molar-refractivity contribution in [3.63, 3.8) is 0 Å². The van der Waals surface area contributed by atoms with Crippen molar-refractivity contribution in [3.05, 3.63) is 47.9 Å². The van der Waals surface area contributed by atoms with Crippen LogP contribution in [0.3, 0.4) is 0 Å². The van der Waals surface area contributed by atoms with Gasteiger partial charge in [0.25, 0.3) is 5.91 Å². The average Bonchev–Trinajstić information content (AvgIpc) is 3.21. The van der Waals surface area contributed by atoms with E-state index in [-0.39, 0.29) is 11.9 Å². The van der Waals surface area contributed by atoms with Gasteiger partial charge in [-0.25, -0.2) is 0 Å². The van der Waals surface area contributed by atoms with Crippen LogP contribution in [0.15, 0.2) is 41.0 Å². The van der Waals surface area contributed by atoms with Gasteiger partial charge in [0, 0.05) is 6.04 Å². The summed E-state index contributed by atoms with van der Waals surface area (Å²) in [6.45, 7) is 0.465. The number of rotatable bonds is 5. The Morgan fingerprint density at radius 2 is 2.19 bits per heavy atom. The van der Waals surface area contributed by atoms with Gasteiger partial charge < -0.3 is 19.8 Å². The topological polar surface area (TPSA) is 68.7 Å². The quantitative estimate of drug-likeness (QED) is 0.858. The molecular weight excluding hydrogens is 268 g/mol. The first-order chi connectivity index (χ1) is 10.2. The van der Waals surface area contributed by atoms with Crippen molar-refractivity contribution >= 4 is 11.6 Å². The number of nitrogens with zero attached hydrogens (tertiary/aromatic N) is 1. The standard InChI is InChI=1S/C16H18N2O3/c1-20-14-6-2-5-13(15(14)17)16(19)18(11-7-8-11)10-12-4-3-9-21-12/h2-6,9,11H,7-8,10,17H2,1H3. The van der Waals surface area contributed by atoms with Gasteiger partial charge in [0.15, 0.2) is 0 Å². The lowest BCUT2D eigenvalue weighted by Gasteiger charge is -2.22. The third-order valence-corrected chi connectivity index (χ3v) is 3.67. The Kier molecular flexibility index (Phi) is 3.56. The van der Waals surface area contributed by atoms with Crippen LogP contribution >= 0.6 is 0 Å². The molecule has 5 heteroatoms. The van der Waals surface area contributed by atoms with E-state index >= 15 is 0 Å². The molecule has 0 spiro atoms. The third-order valence-electron chi connectivity index (χ3n) is 3.67. The van der Waals surface area contributed by atoms with Crippen LogP contribution in [0.1, 0.15) is 29.0 Å². The number of hydrogen-bond donors (Lipinski definition) is 1. The van der Waals surface area contributed by atoms with E-state index in [4.69, 9.17) is 14.9 Å². The van der Waals surface area contributed by atoms with Crippen molar-refractivity contribution in [2.24, 2.45) is 0 Å². The first kappa shape index (κ1) is 13.5. The van der Waals surface area contributed by atoms with Gasteiger partial charge in [-0.05, 0) is 37.1 Å².